The zero-order chi connectivity index (χ0) is 22.6. The van der Waals surface area contributed by atoms with Crippen molar-refractivity contribution in [3.05, 3.63) is 48.0 Å². The Balaban J connectivity index is 1.61. The van der Waals surface area contributed by atoms with Gasteiger partial charge in [0.05, 0.1) is 17.2 Å². The maximum Gasteiger partial charge on any atom is 0.240 e. The molecule has 0 bridgehead atoms. The monoisotopic (exact) mass is 445 g/mol. The van der Waals surface area contributed by atoms with Gasteiger partial charge in [-0.25, -0.2) is 13.1 Å². The summed E-state index contributed by atoms with van der Waals surface area (Å²) < 4.78 is 33.3. The normalized spacial score (nSPS) is 15.5. The Morgan fingerprint density at radius 1 is 1.19 bits per heavy atom. The molecular weight excluding hydrogens is 418 g/mol. The third kappa shape index (κ3) is 5.23. The van der Waals surface area contributed by atoms with Crippen LogP contribution in [0.5, 0.6) is 5.75 Å². The third-order valence-corrected chi connectivity index (χ3v) is 6.48. The highest BCUT2D eigenvalue weighted by Crippen LogP contribution is 2.33. The van der Waals surface area contributed by atoms with Gasteiger partial charge in [0.25, 0.3) is 0 Å². The van der Waals surface area contributed by atoms with Gasteiger partial charge < -0.3 is 15.0 Å². The number of benzene rings is 2. The van der Waals surface area contributed by atoms with Gasteiger partial charge in [0.2, 0.25) is 21.8 Å². The maximum atomic E-state index is 12.7. The van der Waals surface area contributed by atoms with Crippen LogP contribution in [0.3, 0.4) is 0 Å². The van der Waals surface area contributed by atoms with Gasteiger partial charge in [-0.15, -0.1) is 0 Å². The van der Waals surface area contributed by atoms with Crippen molar-refractivity contribution in [2.24, 2.45) is 0 Å². The summed E-state index contributed by atoms with van der Waals surface area (Å²) in [5, 5.41) is 2.74. The standard InChI is InChI=1S/C22H27N3O5S/c1-4-30-21-8-6-5-7-19(21)24-22(27)11-12-23-31(28,29)18-9-10-20-17(14-18)13-15(2)25(20)16(3)26/h5-10,14-15,23H,4,11-13H2,1-3H3,(H,24,27)/t15-/m1/s1. The molecule has 2 N–H and O–H groups in total. The van der Waals surface area contributed by atoms with E-state index in [1.807, 2.05) is 19.9 Å². The quantitative estimate of drug-likeness (QED) is 0.650. The first-order valence-corrected chi connectivity index (χ1v) is 11.6. The van der Waals surface area contributed by atoms with Gasteiger partial charge in [0.15, 0.2) is 0 Å². The Morgan fingerprint density at radius 3 is 2.65 bits per heavy atom. The van der Waals surface area contributed by atoms with Crippen molar-refractivity contribution >= 4 is 33.2 Å². The average Bonchev–Trinajstić information content (AvgIpc) is 3.04. The molecule has 0 saturated heterocycles. The Morgan fingerprint density at radius 2 is 1.94 bits per heavy atom. The Hall–Kier alpha value is -2.91. The van der Waals surface area contributed by atoms with Gasteiger partial charge >= 0.3 is 0 Å². The molecular formula is C22H27N3O5S. The molecule has 0 aromatic heterocycles. The van der Waals surface area contributed by atoms with Crippen molar-refractivity contribution in [2.45, 2.75) is 44.6 Å². The van der Waals surface area contributed by atoms with Gasteiger partial charge in [-0.1, -0.05) is 12.1 Å². The minimum Gasteiger partial charge on any atom is -0.492 e. The molecule has 31 heavy (non-hydrogen) atoms. The van der Waals surface area contributed by atoms with E-state index in [9.17, 15) is 18.0 Å². The molecule has 0 radical (unpaired) electrons. The number of nitrogens with zero attached hydrogens (tertiary/aromatic N) is 1. The zero-order valence-corrected chi connectivity index (χ0v) is 18.7. The third-order valence-electron chi connectivity index (χ3n) is 5.02. The second-order valence-corrected chi connectivity index (χ2v) is 9.12. The Bertz CT molecular complexity index is 1080. The number of sulfonamides is 1. The summed E-state index contributed by atoms with van der Waals surface area (Å²) in [5.74, 6) is 0.164. The molecule has 0 saturated carbocycles. The summed E-state index contributed by atoms with van der Waals surface area (Å²) in [4.78, 5) is 25.9. The summed E-state index contributed by atoms with van der Waals surface area (Å²) in [6.45, 7) is 5.70. The SMILES string of the molecule is CCOc1ccccc1NC(=O)CCNS(=O)(=O)c1ccc2c(c1)C[C@@H](C)N2C(C)=O. The van der Waals surface area contributed by atoms with Crippen molar-refractivity contribution in [1.29, 1.82) is 0 Å². The molecule has 0 unspecified atom stereocenters. The summed E-state index contributed by atoms with van der Waals surface area (Å²) in [7, 11) is -3.78. The molecule has 1 heterocycles. The van der Waals surface area contributed by atoms with Crippen LogP contribution in [0.25, 0.3) is 0 Å². The largest absolute Gasteiger partial charge is 0.492 e. The van der Waals surface area contributed by atoms with Gasteiger partial charge in [-0.2, -0.15) is 0 Å². The number of nitrogens with one attached hydrogen (secondary N) is 2. The first-order chi connectivity index (χ1) is 14.7. The smallest absolute Gasteiger partial charge is 0.240 e. The van der Waals surface area contributed by atoms with Crippen LogP contribution < -0.4 is 19.7 Å². The number of carbonyl (C=O) groups excluding carboxylic acids is 2. The van der Waals surface area contributed by atoms with E-state index in [-0.39, 0.29) is 35.7 Å². The number of fused-ring (bicyclic) bond motifs is 1. The highest BCUT2D eigenvalue weighted by atomic mass is 32.2. The lowest BCUT2D eigenvalue weighted by Gasteiger charge is -2.20. The highest BCUT2D eigenvalue weighted by Gasteiger charge is 2.30. The molecule has 0 aliphatic carbocycles. The van der Waals surface area contributed by atoms with Gasteiger partial charge in [-0.05, 0) is 56.2 Å². The summed E-state index contributed by atoms with van der Waals surface area (Å²) in [6, 6.07) is 11.8. The lowest BCUT2D eigenvalue weighted by molar-refractivity contribution is -0.117. The van der Waals surface area contributed by atoms with E-state index < -0.39 is 10.0 Å². The van der Waals surface area contributed by atoms with Gasteiger partial charge in [-0.3, -0.25) is 9.59 Å². The van der Waals surface area contributed by atoms with Crippen molar-refractivity contribution in [2.75, 3.05) is 23.4 Å². The van der Waals surface area contributed by atoms with Crippen LogP contribution in [0.15, 0.2) is 47.4 Å². The van der Waals surface area contributed by atoms with Crippen LogP contribution in [0.2, 0.25) is 0 Å². The van der Waals surface area contributed by atoms with E-state index >= 15 is 0 Å². The van der Waals surface area contributed by atoms with Crippen molar-refractivity contribution in [3.63, 3.8) is 0 Å². The Kier molecular flexibility index (Phi) is 6.97. The fourth-order valence-electron chi connectivity index (χ4n) is 3.70. The minimum absolute atomic E-state index is 0.0123. The van der Waals surface area contributed by atoms with E-state index in [1.54, 1.807) is 35.2 Å². The van der Waals surface area contributed by atoms with E-state index in [0.29, 0.717) is 24.5 Å². The molecule has 9 heteroatoms. The molecule has 3 rings (SSSR count). The molecule has 2 aromatic carbocycles. The van der Waals surface area contributed by atoms with Gasteiger partial charge in [0.1, 0.15) is 5.75 Å². The molecule has 2 amide bonds. The number of anilines is 2. The van der Waals surface area contributed by atoms with E-state index in [1.165, 1.54) is 13.0 Å². The second kappa shape index (κ2) is 9.49. The highest BCUT2D eigenvalue weighted by molar-refractivity contribution is 7.89. The lowest BCUT2D eigenvalue weighted by atomic mass is 10.1. The van der Waals surface area contributed by atoms with Gasteiger partial charge in [0, 0.05) is 31.6 Å². The van der Waals surface area contributed by atoms with E-state index in [0.717, 1.165) is 11.3 Å². The van der Waals surface area contributed by atoms with Crippen LogP contribution in [0, 0.1) is 0 Å². The minimum atomic E-state index is -3.78. The molecule has 0 fully saturated rings. The fraction of sp³-hybridized carbons (Fsp3) is 0.364. The predicted molar refractivity (Wildman–Crippen MR) is 119 cm³/mol. The van der Waals surface area contributed by atoms with E-state index in [2.05, 4.69) is 10.0 Å². The number of carbonyl (C=O) groups is 2. The molecule has 1 aliphatic heterocycles. The molecule has 1 aliphatic rings. The fourth-order valence-corrected chi connectivity index (χ4v) is 4.78. The van der Waals surface area contributed by atoms with Crippen molar-refractivity contribution in [3.8, 4) is 5.75 Å². The van der Waals surface area contributed by atoms with Crippen molar-refractivity contribution < 1.29 is 22.7 Å². The molecule has 166 valence electrons. The van der Waals surface area contributed by atoms with E-state index in [4.69, 9.17) is 4.74 Å². The molecule has 0 spiro atoms. The lowest BCUT2D eigenvalue weighted by Crippen LogP contribution is -2.33. The van der Waals surface area contributed by atoms with Crippen molar-refractivity contribution in [1.82, 2.24) is 4.72 Å². The maximum absolute atomic E-state index is 12.7. The first-order valence-electron chi connectivity index (χ1n) is 10.2. The molecule has 1 atom stereocenters. The molecule has 8 nitrogen and oxygen atoms in total. The summed E-state index contributed by atoms with van der Waals surface area (Å²) in [6.07, 6.45) is 0.569. The van der Waals surface area contributed by atoms with Crippen LogP contribution in [0.4, 0.5) is 11.4 Å². The first kappa shape index (κ1) is 22.8. The van der Waals surface area contributed by atoms with Crippen LogP contribution in [-0.2, 0) is 26.0 Å². The number of para-hydroxylation sites is 2. The Labute approximate surface area is 182 Å². The number of rotatable bonds is 8. The average molecular weight is 446 g/mol. The number of hydrogen-bond donors (Lipinski definition) is 2. The zero-order valence-electron chi connectivity index (χ0n) is 17.8. The number of hydrogen-bond acceptors (Lipinski definition) is 5. The van der Waals surface area contributed by atoms with Crippen LogP contribution in [-0.4, -0.2) is 39.4 Å². The molecule has 2 aromatic rings. The van der Waals surface area contributed by atoms with Crippen LogP contribution in [0.1, 0.15) is 32.8 Å². The second-order valence-electron chi connectivity index (χ2n) is 7.36. The number of ether oxygens (including phenoxy) is 1. The van der Waals surface area contributed by atoms with Crippen LogP contribution >= 0.6 is 0 Å². The topological polar surface area (TPSA) is 105 Å². The summed E-state index contributed by atoms with van der Waals surface area (Å²) >= 11 is 0. The number of amides is 2. The predicted octanol–water partition coefficient (Wildman–Crippen LogP) is 2.69. The summed E-state index contributed by atoms with van der Waals surface area (Å²) in [5.41, 5.74) is 2.10.